The largest absolute Gasteiger partial charge is 0.497 e. The summed E-state index contributed by atoms with van der Waals surface area (Å²) in [5, 5.41) is 0. The summed E-state index contributed by atoms with van der Waals surface area (Å²) in [6.45, 7) is 3.93. The van der Waals surface area contributed by atoms with Gasteiger partial charge in [-0.05, 0) is 61.2 Å². The molecule has 22 heavy (non-hydrogen) atoms. The molecule has 0 heterocycles. The summed E-state index contributed by atoms with van der Waals surface area (Å²) < 4.78 is 18.0. The number of carbonyl (C=O) groups excluding carboxylic acids is 1. The molecule has 2 aromatic rings. The first kappa shape index (κ1) is 16.4. The van der Waals surface area contributed by atoms with Gasteiger partial charge in [0, 0.05) is 16.2 Å². The second kappa shape index (κ2) is 7.36. The predicted molar refractivity (Wildman–Crippen MR) is 88.0 cm³/mol. The number of benzene rings is 2. The highest BCUT2D eigenvalue weighted by molar-refractivity contribution is 7.85. The zero-order valence-electron chi connectivity index (χ0n) is 13.1. The molecule has 0 aliphatic rings. The van der Waals surface area contributed by atoms with Gasteiger partial charge in [0.05, 0.1) is 17.9 Å². The minimum atomic E-state index is -1.22. The van der Waals surface area contributed by atoms with Crippen LogP contribution in [0.4, 0.5) is 0 Å². The molecule has 0 fully saturated rings. The number of hydrogen-bond donors (Lipinski definition) is 0. The van der Waals surface area contributed by atoms with E-state index in [0.717, 1.165) is 44.9 Å². The summed E-state index contributed by atoms with van der Waals surface area (Å²) in [5.41, 5.74) is 3.10. The van der Waals surface area contributed by atoms with Crippen molar-refractivity contribution >= 4 is 17.1 Å². The summed E-state index contributed by atoms with van der Waals surface area (Å²) in [6, 6.07) is 11.3. The molecule has 0 saturated carbocycles. The molecule has 0 bridgehead atoms. The lowest BCUT2D eigenvalue weighted by Gasteiger charge is -2.12. The molecular formula is C18H20O3S. The second-order valence-corrected chi connectivity index (χ2v) is 6.63. The van der Waals surface area contributed by atoms with Gasteiger partial charge in [-0.1, -0.05) is 12.1 Å². The minimum absolute atomic E-state index is 0.514. The Balaban J connectivity index is 2.34. The molecule has 0 N–H and O–H groups in total. The summed E-state index contributed by atoms with van der Waals surface area (Å²) in [4.78, 5) is 12.1. The van der Waals surface area contributed by atoms with Crippen LogP contribution in [0.15, 0.2) is 46.2 Å². The molecule has 0 aromatic heterocycles. The van der Waals surface area contributed by atoms with Gasteiger partial charge in [-0.2, -0.15) is 0 Å². The molecule has 116 valence electrons. The highest BCUT2D eigenvalue weighted by atomic mass is 32.2. The zero-order chi connectivity index (χ0) is 16.1. The maximum absolute atomic E-state index is 12.8. The van der Waals surface area contributed by atoms with Crippen LogP contribution in [0.25, 0.3) is 0 Å². The number of methoxy groups -OCH3 is 1. The fourth-order valence-corrected chi connectivity index (χ4v) is 3.84. The van der Waals surface area contributed by atoms with Crippen LogP contribution in [-0.4, -0.2) is 17.6 Å². The van der Waals surface area contributed by atoms with Crippen molar-refractivity contribution in [1.29, 1.82) is 0 Å². The zero-order valence-corrected chi connectivity index (χ0v) is 13.9. The topological polar surface area (TPSA) is 43.4 Å². The van der Waals surface area contributed by atoms with Crippen LogP contribution in [0.3, 0.4) is 0 Å². The van der Waals surface area contributed by atoms with Gasteiger partial charge in [-0.15, -0.1) is 0 Å². The Morgan fingerprint density at radius 3 is 2.18 bits per heavy atom. The van der Waals surface area contributed by atoms with Gasteiger partial charge in [0.25, 0.3) is 0 Å². The van der Waals surface area contributed by atoms with Crippen molar-refractivity contribution in [2.24, 2.45) is 0 Å². The van der Waals surface area contributed by atoms with Crippen molar-refractivity contribution < 1.29 is 13.7 Å². The van der Waals surface area contributed by atoms with Crippen LogP contribution in [0.5, 0.6) is 5.75 Å². The minimum Gasteiger partial charge on any atom is -0.497 e. The Kier molecular flexibility index (Phi) is 5.50. The lowest BCUT2D eigenvalue weighted by Crippen LogP contribution is -2.01. The van der Waals surface area contributed by atoms with Crippen molar-refractivity contribution in [3.05, 3.63) is 53.1 Å². The summed E-state index contributed by atoms with van der Waals surface area (Å²) >= 11 is 0. The average molecular weight is 316 g/mol. The average Bonchev–Trinajstić information content (AvgIpc) is 2.52. The van der Waals surface area contributed by atoms with Gasteiger partial charge in [-0.25, -0.2) is 4.21 Å². The van der Waals surface area contributed by atoms with Crippen LogP contribution in [0.2, 0.25) is 0 Å². The van der Waals surface area contributed by atoms with Gasteiger partial charge in [0.1, 0.15) is 12.0 Å². The number of hydrogen-bond acceptors (Lipinski definition) is 3. The normalized spacial score (nSPS) is 12.0. The van der Waals surface area contributed by atoms with Gasteiger partial charge < -0.3 is 9.53 Å². The first-order valence-corrected chi connectivity index (χ1v) is 8.31. The van der Waals surface area contributed by atoms with Crippen molar-refractivity contribution in [1.82, 2.24) is 0 Å². The van der Waals surface area contributed by atoms with E-state index in [0.29, 0.717) is 6.42 Å². The van der Waals surface area contributed by atoms with Gasteiger partial charge in [0.15, 0.2) is 0 Å². The lowest BCUT2D eigenvalue weighted by atomic mass is 10.0. The number of ether oxygens (including phenoxy) is 1. The second-order valence-electron chi connectivity index (χ2n) is 5.21. The molecule has 1 atom stereocenters. The molecule has 4 heteroatoms. The molecule has 2 aromatic carbocycles. The first-order valence-electron chi connectivity index (χ1n) is 7.16. The van der Waals surface area contributed by atoms with E-state index in [1.807, 2.05) is 50.2 Å². The standard InChI is InChI=1S/C18H20O3S/c1-13-11-15(5-4-10-19)12-14(2)18(13)22(20)17-8-6-16(21-3)7-9-17/h6-12H,4-5H2,1-3H3. The van der Waals surface area contributed by atoms with Crippen LogP contribution in [0.1, 0.15) is 23.1 Å². The Labute approximate surface area is 133 Å². The van der Waals surface area contributed by atoms with Crippen molar-refractivity contribution in [3.63, 3.8) is 0 Å². The van der Waals surface area contributed by atoms with Gasteiger partial charge in [-0.3, -0.25) is 0 Å². The van der Waals surface area contributed by atoms with E-state index >= 15 is 0 Å². The quantitative estimate of drug-likeness (QED) is 0.765. The maximum Gasteiger partial charge on any atom is 0.120 e. The molecule has 2 rings (SSSR count). The number of aryl methyl sites for hydroxylation is 3. The van der Waals surface area contributed by atoms with Gasteiger partial charge >= 0.3 is 0 Å². The number of aldehydes is 1. The third kappa shape index (κ3) is 3.63. The highest BCUT2D eigenvalue weighted by Crippen LogP contribution is 2.26. The third-order valence-corrected chi connectivity index (χ3v) is 5.24. The van der Waals surface area contributed by atoms with E-state index in [9.17, 15) is 9.00 Å². The monoisotopic (exact) mass is 316 g/mol. The van der Waals surface area contributed by atoms with E-state index in [4.69, 9.17) is 4.74 Å². The maximum atomic E-state index is 12.8. The fourth-order valence-electron chi connectivity index (χ4n) is 2.52. The van der Waals surface area contributed by atoms with Crippen LogP contribution < -0.4 is 4.74 Å². The Bertz CT molecular complexity index is 667. The first-order chi connectivity index (χ1) is 10.6. The predicted octanol–water partition coefficient (Wildman–Crippen LogP) is 3.61. The molecule has 0 radical (unpaired) electrons. The van der Waals surface area contributed by atoms with Crippen molar-refractivity contribution in [3.8, 4) is 5.75 Å². The van der Waals surface area contributed by atoms with Gasteiger partial charge in [0.2, 0.25) is 0 Å². The number of rotatable bonds is 6. The van der Waals surface area contributed by atoms with E-state index < -0.39 is 10.8 Å². The van der Waals surface area contributed by atoms with E-state index in [2.05, 4.69) is 0 Å². The molecule has 0 amide bonds. The molecule has 0 spiro atoms. The Morgan fingerprint density at radius 2 is 1.68 bits per heavy atom. The highest BCUT2D eigenvalue weighted by Gasteiger charge is 2.14. The number of carbonyl (C=O) groups is 1. The summed E-state index contributed by atoms with van der Waals surface area (Å²) in [6.07, 6.45) is 2.16. The van der Waals surface area contributed by atoms with Crippen LogP contribution >= 0.6 is 0 Å². The molecular weight excluding hydrogens is 296 g/mol. The van der Waals surface area contributed by atoms with Crippen LogP contribution in [-0.2, 0) is 22.0 Å². The Hall–Kier alpha value is -1.94. The third-order valence-electron chi connectivity index (χ3n) is 3.53. The molecule has 3 nitrogen and oxygen atoms in total. The van der Waals surface area contributed by atoms with E-state index in [1.165, 1.54) is 0 Å². The fraction of sp³-hybridized carbons (Fsp3) is 0.278. The van der Waals surface area contributed by atoms with E-state index in [1.54, 1.807) is 7.11 Å². The molecule has 1 unspecified atom stereocenters. The SMILES string of the molecule is COc1ccc(S(=O)c2c(C)cc(CCC=O)cc2C)cc1. The molecule has 0 saturated heterocycles. The van der Waals surface area contributed by atoms with Crippen molar-refractivity contribution in [2.45, 2.75) is 36.5 Å². The van der Waals surface area contributed by atoms with E-state index in [-0.39, 0.29) is 0 Å². The summed E-state index contributed by atoms with van der Waals surface area (Å²) in [5.74, 6) is 0.749. The van der Waals surface area contributed by atoms with Crippen LogP contribution in [0, 0.1) is 13.8 Å². The smallest absolute Gasteiger partial charge is 0.120 e. The summed E-state index contributed by atoms with van der Waals surface area (Å²) in [7, 11) is 0.390. The lowest BCUT2D eigenvalue weighted by molar-refractivity contribution is -0.107. The molecule has 0 aliphatic heterocycles. The Morgan fingerprint density at radius 1 is 1.09 bits per heavy atom. The molecule has 0 aliphatic carbocycles. The van der Waals surface area contributed by atoms with Crippen molar-refractivity contribution in [2.75, 3.05) is 7.11 Å².